The van der Waals surface area contributed by atoms with Crippen molar-refractivity contribution in [3.63, 3.8) is 0 Å². The number of hydrogen-bond acceptors (Lipinski definition) is 6. The Bertz CT molecular complexity index is 1250. The van der Waals surface area contributed by atoms with Crippen LogP contribution in [0.4, 0.5) is 26.5 Å². The van der Waals surface area contributed by atoms with Crippen LogP contribution in [0.1, 0.15) is 37.6 Å². The van der Waals surface area contributed by atoms with Crippen LogP contribution in [-0.2, 0) is 0 Å². The second-order valence-electron chi connectivity index (χ2n) is 8.77. The molecule has 2 amide bonds. The number of urea groups is 1. The Kier molecular flexibility index (Phi) is 7.25. The fourth-order valence-electron chi connectivity index (χ4n) is 3.04. The predicted molar refractivity (Wildman–Crippen MR) is 134 cm³/mol. The zero-order chi connectivity index (χ0) is 24.9. The summed E-state index contributed by atoms with van der Waals surface area (Å²) in [6.45, 7) is 7.83. The Morgan fingerprint density at radius 3 is 2.56 bits per heavy atom. The molecule has 0 aliphatic rings. The fourth-order valence-corrected chi connectivity index (χ4v) is 3.04. The van der Waals surface area contributed by atoms with Crippen molar-refractivity contribution in [3.8, 4) is 0 Å². The number of allylic oxidation sites excluding steroid dienone is 1. The van der Waals surface area contributed by atoms with Gasteiger partial charge in [-0.1, -0.05) is 18.2 Å². The van der Waals surface area contributed by atoms with Crippen LogP contribution in [0, 0.1) is 18.2 Å². The lowest BCUT2D eigenvalue weighted by Crippen LogP contribution is -2.32. The van der Waals surface area contributed by atoms with Crippen LogP contribution in [0.5, 0.6) is 0 Å². The zero-order valence-electron chi connectivity index (χ0n) is 19.5. The van der Waals surface area contributed by atoms with E-state index in [1.807, 2.05) is 39.8 Å². The molecule has 0 saturated heterocycles. The molecule has 1 aromatic heterocycles. The molecule has 9 heteroatoms. The van der Waals surface area contributed by atoms with E-state index in [2.05, 4.69) is 25.9 Å². The number of hydrogen-bond donors (Lipinski definition) is 5. The highest BCUT2D eigenvalue weighted by Gasteiger charge is 2.17. The number of rotatable bonds is 6. The summed E-state index contributed by atoms with van der Waals surface area (Å²) in [4.78, 5) is 20.5. The maximum atomic E-state index is 14.6. The molecule has 0 aliphatic heterocycles. The molecule has 0 saturated carbocycles. The second-order valence-corrected chi connectivity index (χ2v) is 8.77. The quantitative estimate of drug-likeness (QED) is 0.332. The van der Waals surface area contributed by atoms with Gasteiger partial charge in [-0.05, 0) is 69.2 Å². The van der Waals surface area contributed by atoms with E-state index in [0.29, 0.717) is 22.5 Å². The molecule has 0 spiro atoms. The fraction of sp³-hybridized carbons (Fsp3) is 0.200. The van der Waals surface area contributed by atoms with Gasteiger partial charge in [-0.25, -0.2) is 19.2 Å². The molecule has 34 heavy (non-hydrogen) atoms. The molecule has 176 valence electrons. The summed E-state index contributed by atoms with van der Waals surface area (Å²) in [6.07, 6.45) is 3.14. The first kappa shape index (κ1) is 24.4. The number of carbonyl (C=O) groups is 1. The Labute approximate surface area is 198 Å². The van der Waals surface area contributed by atoms with Crippen LogP contribution >= 0.6 is 0 Å². The maximum absolute atomic E-state index is 14.6. The minimum Gasteiger partial charge on any atom is -0.386 e. The van der Waals surface area contributed by atoms with Crippen LogP contribution in [0.15, 0.2) is 60.9 Å². The number of benzene rings is 2. The van der Waals surface area contributed by atoms with Crippen LogP contribution in [0.2, 0.25) is 0 Å². The van der Waals surface area contributed by atoms with Gasteiger partial charge in [-0.3, -0.25) is 5.41 Å². The number of aromatic nitrogens is 2. The van der Waals surface area contributed by atoms with E-state index < -0.39 is 11.8 Å². The van der Waals surface area contributed by atoms with E-state index >= 15 is 0 Å². The average molecular weight is 462 g/mol. The lowest BCUT2D eigenvalue weighted by molar-refractivity contribution is 0.262. The summed E-state index contributed by atoms with van der Waals surface area (Å²) in [5.74, 6) is -0.566. The molecule has 0 unspecified atom stereocenters. The molecule has 0 fully saturated rings. The van der Waals surface area contributed by atoms with Gasteiger partial charge in [0.2, 0.25) is 5.95 Å². The molecule has 3 aromatic rings. The van der Waals surface area contributed by atoms with Gasteiger partial charge in [0.25, 0.3) is 0 Å². The number of halogens is 1. The second kappa shape index (κ2) is 10.1. The van der Waals surface area contributed by atoms with E-state index in [-0.39, 0.29) is 22.9 Å². The Morgan fingerprint density at radius 1 is 1.12 bits per heavy atom. The highest BCUT2D eigenvalue weighted by atomic mass is 19.1. The number of nitrogens with two attached hydrogens (primary N) is 1. The normalized spacial score (nSPS) is 11.6. The molecule has 0 atom stereocenters. The SMILES string of the molecule is Cc1cccc(NC(=O)Nc2cc(/C(=C/NC(C)(C)C)C(=N)c3ccnc(N)n3)ccc2F)c1. The molecule has 0 radical (unpaired) electrons. The number of nitrogens with one attached hydrogen (secondary N) is 4. The number of carbonyl (C=O) groups excluding carboxylic acids is 1. The van der Waals surface area contributed by atoms with E-state index in [4.69, 9.17) is 11.1 Å². The van der Waals surface area contributed by atoms with Gasteiger partial charge in [0.05, 0.1) is 17.1 Å². The average Bonchev–Trinajstić information content (AvgIpc) is 2.75. The molecule has 8 nitrogen and oxygen atoms in total. The smallest absolute Gasteiger partial charge is 0.323 e. The number of nitrogen functional groups attached to an aromatic ring is 1. The van der Waals surface area contributed by atoms with Gasteiger partial charge in [-0.15, -0.1) is 0 Å². The Hall–Kier alpha value is -4.27. The molecule has 2 aromatic carbocycles. The topological polar surface area (TPSA) is 129 Å². The van der Waals surface area contributed by atoms with Gasteiger partial charge in [-0.2, -0.15) is 0 Å². The minimum atomic E-state index is -0.607. The number of aryl methyl sites for hydroxylation is 1. The van der Waals surface area contributed by atoms with E-state index in [1.54, 1.807) is 24.4 Å². The first-order valence-corrected chi connectivity index (χ1v) is 10.6. The monoisotopic (exact) mass is 461 g/mol. The third-order valence-corrected chi connectivity index (χ3v) is 4.65. The van der Waals surface area contributed by atoms with Crippen LogP contribution in [0.25, 0.3) is 5.57 Å². The third-order valence-electron chi connectivity index (χ3n) is 4.65. The largest absolute Gasteiger partial charge is 0.386 e. The first-order valence-electron chi connectivity index (χ1n) is 10.6. The maximum Gasteiger partial charge on any atom is 0.323 e. The first-order chi connectivity index (χ1) is 16.0. The summed E-state index contributed by atoms with van der Waals surface area (Å²) in [5.41, 5.74) is 8.27. The molecule has 0 aliphatic carbocycles. The van der Waals surface area contributed by atoms with Crippen LogP contribution in [-0.4, -0.2) is 27.2 Å². The summed E-state index contributed by atoms with van der Waals surface area (Å²) in [5, 5.41) is 17.2. The van der Waals surface area contributed by atoms with Crippen molar-refractivity contribution in [2.24, 2.45) is 0 Å². The molecular formula is C25H28FN7O. The Morgan fingerprint density at radius 2 is 1.88 bits per heavy atom. The van der Waals surface area contributed by atoms with Gasteiger partial charge in [0.15, 0.2) is 0 Å². The molecular weight excluding hydrogens is 433 g/mol. The van der Waals surface area contributed by atoms with E-state index in [0.717, 1.165) is 5.56 Å². The summed E-state index contributed by atoms with van der Waals surface area (Å²) >= 11 is 0. The van der Waals surface area contributed by atoms with Crippen molar-refractivity contribution in [1.29, 1.82) is 5.41 Å². The van der Waals surface area contributed by atoms with Crippen molar-refractivity contribution in [1.82, 2.24) is 15.3 Å². The predicted octanol–water partition coefficient (Wildman–Crippen LogP) is 4.95. The number of nitrogens with zero attached hydrogens (tertiary/aromatic N) is 2. The van der Waals surface area contributed by atoms with Crippen molar-refractivity contribution >= 4 is 34.6 Å². The Balaban J connectivity index is 1.93. The van der Waals surface area contributed by atoms with E-state index in [1.165, 1.54) is 24.4 Å². The molecule has 3 rings (SSSR count). The van der Waals surface area contributed by atoms with Gasteiger partial charge in [0, 0.05) is 29.2 Å². The van der Waals surface area contributed by atoms with Crippen molar-refractivity contribution in [3.05, 3.63) is 83.6 Å². The molecule has 6 N–H and O–H groups in total. The zero-order valence-corrected chi connectivity index (χ0v) is 19.5. The standard InChI is InChI=1S/C25H28FN7O/c1-15-6-5-7-17(12-15)31-24(34)33-21-13-16(8-9-19(21)26)18(14-30-25(2,3)4)22(27)20-10-11-29-23(28)32-20/h5-14,27,30H,1-4H3,(H2,28,29,32)(H2,31,33,34)/b18-14-,27-22?. The van der Waals surface area contributed by atoms with Gasteiger partial charge in [0.1, 0.15) is 5.82 Å². The minimum absolute atomic E-state index is 0.0284. The lowest BCUT2D eigenvalue weighted by atomic mass is 9.98. The third kappa shape index (κ3) is 6.61. The summed E-state index contributed by atoms with van der Waals surface area (Å²) < 4.78 is 14.6. The lowest BCUT2D eigenvalue weighted by Gasteiger charge is -2.21. The van der Waals surface area contributed by atoms with Gasteiger partial charge < -0.3 is 21.7 Å². The van der Waals surface area contributed by atoms with Crippen LogP contribution in [0.3, 0.4) is 0 Å². The number of amides is 2. The molecule has 1 heterocycles. The van der Waals surface area contributed by atoms with Crippen molar-refractivity contribution in [2.75, 3.05) is 16.4 Å². The van der Waals surface area contributed by atoms with Crippen molar-refractivity contribution in [2.45, 2.75) is 33.2 Å². The van der Waals surface area contributed by atoms with Crippen molar-refractivity contribution < 1.29 is 9.18 Å². The highest BCUT2D eigenvalue weighted by molar-refractivity contribution is 6.29. The summed E-state index contributed by atoms with van der Waals surface area (Å²) in [6, 6.07) is 12.5. The van der Waals surface area contributed by atoms with Gasteiger partial charge >= 0.3 is 6.03 Å². The number of anilines is 3. The molecule has 0 bridgehead atoms. The summed E-state index contributed by atoms with van der Waals surface area (Å²) in [7, 11) is 0. The van der Waals surface area contributed by atoms with Crippen LogP contribution < -0.4 is 21.7 Å². The van der Waals surface area contributed by atoms with E-state index in [9.17, 15) is 9.18 Å². The highest BCUT2D eigenvalue weighted by Crippen LogP contribution is 2.25.